The van der Waals surface area contributed by atoms with Crippen molar-refractivity contribution < 1.29 is 42.1 Å². The standard InChI is InChI=1S/C52H68B2N3O9PSi/c1-33-37(5)62-50(35(3)45(33)58-30-39-22-14-10-15-23-39)65-48-43(32-60-68(52(7,8)9,41-26-18-12-19-27-41)42-28-20-13-21-29-42)63-51(44(56-57-55)49(48)66-67(53)54)64-47-38(6)61-36(4)34(2)46(47)59-31-40-24-16-11-17-25-40/h10-29,33-38,43-51H,30-32H2,1-9H3/t33?,34?,35?,36-,37?,38?,43?,44?,45+,46-,47?,48+,49+,50-,51+/m0/s1. The van der Waals surface area contributed by atoms with Gasteiger partial charge in [0, 0.05) is 22.7 Å². The summed E-state index contributed by atoms with van der Waals surface area (Å²) in [6.45, 7) is 19.8. The Morgan fingerprint density at radius 1 is 0.588 bits per heavy atom. The number of nitrogens with zero attached hydrogens (tertiary/aromatic N) is 3. The SMILES string of the molecule is [B]P([B])O[C@@H]1C(N=[N+]=[N-])[C@@H](OC2C(C)O[C@@H](C)C(C)[C@@H]2OCc2ccccc2)OC(CO[Si](c2ccccc2)(c2ccccc2)C(C)(C)C)[C@H]1O[C@@H]1OC(C)C(C)[C@@H](OCc2ccccc2)C1C. The second-order valence-corrected chi connectivity index (χ2v) is 24.9. The molecule has 12 nitrogen and oxygen atoms in total. The Labute approximate surface area is 408 Å². The van der Waals surface area contributed by atoms with E-state index in [2.05, 4.69) is 88.0 Å². The highest BCUT2D eigenvalue weighted by Gasteiger charge is 2.56. The molecule has 3 heterocycles. The molecule has 0 N–H and O–H groups in total. The molecule has 16 heteroatoms. The predicted molar refractivity (Wildman–Crippen MR) is 270 cm³/mol. The molecule has 3 aliphatic rings. The minimum absolute atomic E-state index is 0.0206. The van der Waals surface area contributed by atoms with Crippen molar-refractivity contribution in [2.24, 2.45) is 22.9 Å². The van der Waals surface area contributed by atoms with E-state index in [0.29, 0.717) is 13.2 Å². The monoisotopic (exact) mass is 959 g/mol. The highest BCUT2D eigenvalue weighted by Crippen LogP contribution is 2.43. The molecular formula is C52H68B2N3O9PSi. The van der Waals surface area contributed by atoms with Crippen molar-refractivity contribution in [3.63, 3.8) is 0 Å². The van der Waals surface area contributed by atoms with E-state index < -0.39 is 71.5 Å². The summed E-state index contributed by atoms with van der Waals surface area (Å²) >= 11 is 0. The van der Waals surface area contributed by atoms with Crippen LogP contribution in [0.25, 0.3) is 10.4 Å². The Balaban J connectivity index is 1.29. The maximum absolute atomic E-state index is 10.3. The third-order valence-electron chi connectivity index (χ3n) is 14.1. The number of hydrogen-bond donors (Lipinski definition) is 0. The number of ether oxygens (including phenoxy) is 7. The van der Waals surface area contributed by atoms with E-state index in [0.717, 1.165) is 21.5 Å². The van der Waals surface area contributed by atoms with Gasteiger partial charge in [-0.15, -0.1) is 0 Å². The Morgan fingerprint density at radius 3 is 1.59 bits per heavy atom. The summed E-state index contributed by atoms with van der Waals surface area (Å²) in [6, 6.07) is 39.8. The molecule has 4 radical (unpaired) electrons. The number of rotatable bonds is 18. The molecule has 0 amide bonds. The summed E-state index contributed by atoms with van der Waals surface area (Å²) < 4.78 is 62.2. The van der Waals surface area contributed by atoms with E-state index in [-0.39, 0.29) is 47.7 Å². The molecule has 7 rings (SSSR count). The lowest BCUT2D eigenvalue weighted by molar-refractivity contribution is -0.344. The van der Waals surface area contributed by atoms with Crippen LogP contribution in [0.5, 0.6) is 0 Å². The van der Waals surface area contributed by atoms with Crippen LogP contribution < -0.4 is 10.4 Å². The molecule has 0 aromatic heterocycles. The minimum Gasteiger partial charge on any atom is -0.405 e. The van der Waals surface area contributed by atoms with E-state index in [4.69, 9.17) is 57.2 Å². The van der Waals surface area contributed by atoms with Crippen LogP contribution in [0, 0.1) is 17.8 Å². The smallest absolute Gasteiger partial charge is 0.261 e. The van der Waals surface area contributed by atoms with E-state index in [1.807, 2.05) is 106 Å². The number of hydrogen-bond acceptors (Lipinski definition) is 10. The average Bonchev–Trinajstić information content (AvgIpc) is 3.32. The zero-order valence-electron chi connectivity index (χ0n) is 40.9. The van der Waals surface area contributed by atoms with Gasteiger partial charge in [0.05, 0.1) is 50.3 Å². The fraction of sp³-hybridized carbons (Fsp3) is 0.538. The molecule has 4 aromatic rings. The van der Waals surface area contributed by atoms with E-state index >= 15 is 0 Å². The molecule has 8 unspecified atom stereocenters. The van der Waals surface area contributed by atoms with Crippen LogP contribution >= 0.6 is 7.91 Å². The zero-order valence-corrected chi connectivity index (χ0v) is 42.8. The molecule has 15 atom stereocenters. The Hall–Kier alpha value is -3.39. The summed E-state index contributed by atoms with van der Waals surface area (Å²) in [5, 5.41) is 6.14. The van der Waals surface area contributed by atoms with Crippen molar-refractivity contribution in [3.8, 4) is 0 Å². The molecule has 0 aliphatic carbocycles. The lowest BCUT2D eigenvalue weighted by Gasteiger charge is -2.51. The van der Waals surface area contributed by atoms with Gasteiger partial charge < -0.3 is 42.1 Å². The van der Waals surface area contributed by atoms with Crippen molar-refractivity contribution in [1.82, 2.24) is 0 Å². The molecule has 0 spiro atoms. The minimum atomic E-state index is -3.17. The molecular weight excluding hydrogens is 891 g/mol. The fourth-order valence-electron chi connectivity index (χ4n) is 10.2. The van der Waals surface area contributed by atoms with Gasteiger partial charge in [-0.05, 0) is 52.8 Å². The molecule has 68 heavy (non-hydrogen) atoms. The highest BCUT2D eigenvalue weighted by atomic mass is 31.1. The van der Waals surface area contributed by atoms with Crippen molar-refractivity contribution >= 4 is 41.7 Å². The highest BCUT2D eigenvalue weighted by molar-refractivity contribution is 7.97. The van der Waals surface area contributed by atoms with Gasteiger partial charge in [0.15, 0.2) is 12.6 Å². The van der Waals surface area contributed by atoms with Crippen LogP contribution in [0.3, 0.4) is 0 Å². The van der Waals surface area contributed by atoms with E-state index in [1.54, 1.807) is 0 Å². The van der Waals surface area contributed by atoms with E-state index in [1.165, 1.54) is 0 Å². The number of benzene rings is 4. The first-order chi connectivity index (χ1) is 32.6. The van der Waals surface area contributed by atoms with Gasteiger partial charge in [-0.25, -0.2) is 0 Å². The molecule has 0 bridgehead atoms. The third kappa shape index (κ3) is 12.0. The third-order valence-corrected chi connectivity index (χ3v) is 19.6. The van der Waals surface area contributed by atoms with Gasteiger partial charge in [-0.3, -0.25) is 0 Å². The Morgan fingerprint density at radius 2 is 1.07 bits per heavy atom. The summed E-state index contributed by atoms with van der Waals surface area (Å²) in [5.41, 5.74) is 12.4. The quantitative estimate of drug-likeness (QED) is 0.0315. The molecule has 3 aliphatic heterocycles. The first kappa shape index (κ1) is 52.4. The van der Waals surface area contributed by atoms with Crippen LogP contribution in [0.4, 0.5) is 0 Å². The predicted octanol–water partition coefficient (Wildman–Crippen LogP) is 9.32. The summed E-state index contributed by atoms with van der Waals surface area (Å²) in [5.74, 6) is -0.306. The summed E-state index contributed by atoms with van der Waals surface area (Å²) in [4.78, 5) is 3.32. The first-order valence-electron chi connectivity index (χ1n) is 24.0. The number of azide groups is 1. The fourth-order valence-corrected chi connectivity index (χ4v) is 15.3. The second kappa shape index (κ2) is 23.7. The second-order valence-electron chi connectivity index (χ2n) is 19.7. The van der Waals surface area contributed by atoms with Crippen LogP contribution in [0.1, 0.15) is 73.4 Å². The maximum Gasteiger partial charge on any atom is 0.261 e. The van der Waals surface area contributed by atoms with Crippen molar-refractivity contribution in [2.45, 2.75) is 154 Å². The van der Waals surface area contributed by atoms with Gasteiger partial charge in [0.2, 0.25) is 0 Å². The van der Waals surface area contributed by atoms with Crippen molar-refractivity contribution in [3.05, 3.63) is 143 Å². The normalized spacial score (nSPS) is 32.4. The first-order valence-corrected chi connectivity index (χ1v) is 27.3. The summed E-state index contributed by atoms with van der Waals surface area (Å²) in [7, 11) is 7.58. The van der Waals surface area contributed by atoms with Gasteiger partial charge in [-0.2, -0.15) is 0 Å². The molecule has 0 saturated carbocycles. The van der Waals surface area contributed by atoms with Crippen LogP contribution in [-0.2, 0) is 55.3 Å². The topological polar surface area (TPSA) is 132 Å². The maximum atomic E-state index is 10.3. The Bertz CT molecular complexity index is 2160. The van der Waals surface area contributed by atoms with Crippen molar-refractivity contribution in [2.75, 3.05) is 6.61 Å². The van der Waals surface area contributed by atoms with Gasteiger partial charge in [0.1, 0.15) is 45.6 Å². The van der Waals surface area contributed by atoms with Gasteiger partial charge in [0.25, 0.3) is 8.32 Å². The molecule has 360 valence electrons. The molecule has 4 aromatic carbocycles. The Kier molecular flexibility index (Phi) is 18.3. The van der Waals surface area contributed by atoms with E-state index in [9.17, 15) is 5.53 Å². The largest absolute Gasteiger partial charge is 0.405 e. The van der Waals surface area contributed by atoms with Crippen molar-refractivity contribution in [1.29, 1.82) is 0 Å². The van der Waals surface area contributed by atoms with Gasteiger partial charge in [-0.1, -0.05) is 176 Å². The van der Waals surface area contributed by atoms with Crippen LogP contribution in [-0.4, -0.2) is 104 Å². The summed E-state index contributed by atoms with van der Waals surface area (Å²) in [6.07, 6.45) is -7.14. The molecule has 3 saturated heterocycles. The lowest BCUT2D eigenvalue weighted by atomic mass is 9.86. The van der Waals surface area contributed by atoms with Gasteiger partial charge >= 0.3 is 0 Å². The zero-order chi connectivity index (χ0) is 48.6. The molecule has 3 fully saturated rings. The van der Waals surface area contributed by atoms with Crippen LogP contribution in [0.15, 0.2) is 126 Å². The van der Waals surface area contributed by atoms with Crippen LogP contribution in [0.2, 0.25) is 5.04 Å². The lowest BCUT2D eigenvalue weighted by Crippen LogP contribution is -2.69. The average molecular weight is 960 g/mol.